The highest BCUT2D eigenvalue weighted by atomic mass is 16.5. The summed E-state index contributed by atoms with van der Waals surface area (Å²) in [7, 11) is 1.60. The fourth-order valence-corrected chi connectivity index (χ4v) is 1.45. The highest BCUT2D eigenvalue weighted by molar-refractivity contribution is 5.30. The maximum Gasteiger partial charge on any atom is 0.137 e. The van der Waals surface area contributed by atoms with Crippen LogP contribution in [-0.4, -0.2) is 22.1 Å². The Hall–Kier alpha value is -2.01. The first kappa shape index (κ1) is 11.5. The van der Waals surface area contributed by atoms with Gasteiger partial charge in [-0.3, -0.25) is 15.0 Å². The Morgan fingerprint density at radius 2 is 2.00 bits per heavy atom. The third kappa shape index (κ3) is 2.57. The topological polar surface area (TPSA) is 73.9 Å². The van der Waals surface area contributed by atoms with Crippen LogP contribution in [0.2, 0.25) is 0 Å². The number of rotatable bonds is 3. The zero-order chi connectivity index (χ0) is 12.3. The molecule has 2 rings (SSSR count). The molecule has 0 aliphatic rings. The minimum absolute atomic E-state index is 0.342. The van der Waals surface area contributed by atoms with Crippen LogP contribution in [0, 0.1) is 6.92 Å². The van der Waals surface area contributed by atoms with Crippen molar-refractivity contribution >= 4 is 0 Å². The van der Waals surface area contributed by atoms with Gasteiger partial charge in [-0.25, -0.2) is 0 Å². The zero-order valence-corrected chi connectivity index (χ0v) is 9.79. The lowest BCUT2D eigenvalue weighted by molar-refractivity contribution is 0.412. The molecule has 2 aromatic rings. The minimum Gasteiger partial charge on any atom is -0.495 e. The van der Waals surface area contributed by atoms with E-state index in [4.69, 9.17) is 10.5 Å². The second kappa shape index (κ2) is 4.88. The Balaban J connectivity index is 2.29. The fraction of sp³-hybridized carbons (Fsp3) is 0.250. The summed E-state index contributed by atoms with van der Waals surface area (Å²) in [6, 6.07) is 1.50. The Bertz CT molecular complexity index is 498. The number of aryl methyl sites for hydroxylation is 1. The van der Waals surface area contributed by atoms with Crippen LogP contribution in [-0.2, 0) is 0 Å². The van der Waals surface area contributed by atoms with E-state index in [1.807, 2.05) is 13.0 Å². The minimum atomic E-state index is -0.342. The number of pyridine rings is 1. The van der Waals surface area contributed by atoms with Gasteiger partial charge in [-0.05, 0) is 18.6 Å². The van der Waals surface area contributed by atoms with E-state index >= 15 is 0 Å². The molecule has 17 heavy (non-hydrogen) atoms. The van der Waals surface area contributed by atoms with Crippen LogP contribution in [0.5, 0.6) is 5.75 Å². The summed E-state index contributed by atoms with van der Waals surface area (Å²) in [4.78, 5) is 12.5. The Morgan fingerprint density at radius 1 is 1.18 bits per heavy atom. The third-order valence-corrected chi connectivity index (χ3v) is 2.45. The van der Waals surface area contributed by atoms with E-state index in [1.54, 1.807) is 31.9 Å². The molecular weight excluding hydrogens is 216 g/mol. The van der Waals surface area contributed by atoms with Crippen molar-refractivity contribution in [2.45, 2.75) is 13.0 Å². The Kier molecular flexibility index (Phi) is 3.30. The largest absolute Gasteiger partial charge is 0.495 e. The second-order valence-electron chi connectivity index (χ2n) is 3.72. The van der Waals surface area contributed by atoms with Gasteiger partial charge < -0.3 is 10.5 Å². The molecule has 0 aliphatic carbocycles. The SMILES string of the molecule is COc1cncc(C(N)c2cnc(C)cn2)c1. The summed E-state index contributed by atoms with van der Waals surface area (Å²) >= 11 is 0. The standard InChI is InChI=1S/C12H14N4O/c1-8-4-16-11(7-15-8)12(13)9-3-10(17-2)6-14-5-9/h3-7,12H,13H2,1-2H3. The smallest absolute Gasteiger partial charge is 0.137 e. The van der Waals surface area contributed by atoms with Crippen LogP contribution in [0.15, 0.2) is 30.9 Å². The molecule has 0 radical (unpaired) electrons. The molecule has 1 unspecified atom stereocenters. The highest BCUT2D eigenvalue weighted by Gasteiger charge is 2.11. The molecule has 0 fully saturated rings. The number of ether oxygens (including phenoxy) is 1. The maximum absolute atomic E-state index is 6.09. The van der Waals surface area contributed by atoms with Gasteiger partial charge in [0.25, 0.3) is 0 Å². The monoisotopic (exact) mass is 230 g/mol. The fourth-order valence-electron chi connectivity index (χ4n) is 1.45. The lowest BCUT2D eigenvalue weighted by Gasteiger charge is -2.11. The summed E-state index contributed by atoms with van der Waals surface area (Å²) in [6.07, 6.45) is 6.72. The summed E-state index contributed by atoms with van der Waals surface area (Å²) in [6.45, 7) is 1.88. The molecular formula is C12H14N4O. The number of nitrogens with zero attached hydrogens (tertiary/aromatic N) is 3. The maximum atomic E-state index is 6.09. The van der Waals surface area contributed by atoms with Gasteiger partial charge in [-0.2, -0.15) is 0 Å². The number of methoxy groups -OCH3 is 1. The predicted molar refractivity (Wildman–Crippen MR) is 63.6 cm³/mol. The van der Waals surface area contributed by atoms with Gasteiger partial charge >= 0.3 is 0 Å². The summed E-state index contributed by atoms with van der Waals surface area (Å²) in [5, 5.41) is 0. The third-order valence-electron chi connectivity index (χ3n) is 2.45. The number of hydrogen-bond acceptors (Lipinski definition) is 5. The predicted octanol–water partition coefficient (Wildman–Crippen LogP) is 1.24. The van der Waals surface area contributed by atoms with E-state index in [1.165, 1.54) is 0 Å². The van der Waals surface area contributed by atoms with Crippen molar-refractivity contribution in [3.63, 3.8) is 0 Å². The van der Waals surface area contributed by atoms with Crippen LogP contribution in [0.1, 0.15) is 23.0 Å². The molecule has 0 aliphatic heterocycles. The quantitative estimate of drug-likeness (QED) is 0.858. The molecule has 0 bridgehead atoms. The van der Waals surface area contributed by atoms with E-state index in [-0.39, 0.29) is 6.04 Å². The van der Waals surface area contributed by atoms with Crippen molar-refractivity contribution in [2.75, 3.05) is 7.11 Å². The van der Waals surface area contributed by atoms with Crippen molar-refractivity contribution in [1.29, 1.82) is 0 Å². The first-order valence-corrected chi connectivity index (χ1v) is 5.24. The summed E-state index contributed by atoms with van der Waals surface area (Å²) in [5.74, 6) is 0.679. The van der Waals surface area contributed by atoms with Crippen LogP contribution in [0.25, 0.3) is 0 Å². The van der Waals surface area contributed by atoms with Gasteiger partial charge in [0.2, 0.25) is 0 Å². The van der Waals surface area contributed by atoms with Crippen molar-refractivity contribution in [3.8, 4) is 5.75 Å². The lowest BCUT2D eigenvalue weighted by atomic mass is 10.1. The molecule has 1 atom stereocenters. The summed E-state index contributed by atoms with van der Waals surface area (Å²) < 4.78 is 5.11. The van der Waals surface area contributed by atoms with Gasteiger partial charge in [0, 0.05) is 12.4 Å². The number of aromatic nitrogens is 3. The molecule has 2 heterocycles. The molecule has 0 saturated carbocycles. The van der Waals surface area contributed by atoms with E-state index in [0.29, 0.717) is 11.4 Å². The van der Waals surface area contributed by atoms with Crippen molar-refractivity contribution in [3.05, 3.63) is 47.8 Å². The molecule has 2 aromatic heterocycles. The molecule has 5 heteroatoms. The lowest BCUT2D eigenvalue weighted by Crippen LogP contribution is -2.14. The zero-order valence-electron chi connectivity index (χ0n) is 9.79. The van der Waals surface area contributed by atoms with Crippen molar-refractivity contribution < 1.29 is 4.74 Å². The van der Waals surface area contributed by atoms with Crippen LogP contribution in [0.4, 0.5) is 0 Å². The molecule has 2 N–H and O–H groups in total. The molecule has 88 valence electrons. The van der Waals surface area contributed by atoms with E-state index < -0.39 is 0 Å². The molecule has 0 aromatic carbocycles. The first-order chi connectivity index (χ1) is 8.20. The van der Waals surface area contributed by atoms with Crippen molar-refractivity contribution in [1.82, 2.24) is 15.0 Å². The Morgan fingerprint density at radius 3 is 2.65 bits per heavy atom. The second-order valence-corrected chi connectivity index (χ2v) is 3.72. The van der Waals surface area contributed by atoms with Gasteiger partial charge in [0.1, 0.15) is 5.75 Å². The van der Waals surface area contributed by atoms with Gasteiger partial charge in [0.05, 0.1) is 36.9 Å². The average molecular weight is 230 g/mol. The highest BCUT2D eigenvalue weighted by Crippen LogP contribution is 2.20. The van der Waals surface area contributed by atoms with Crippen LogP contribution < -0.4 is 10.5 Å². The van der Waals surface area contributed by atoms with Gasteiger partial charge in [-0.1, -0.05) is 0 Å². The first-order valence-electron chi connectivity index (χ1n) is 5.24. The molecule has 0 spiro atoms. The summed E-state index contributed by atoms with van der Waals surface area (Å²) in [5.41, 5.74) is 8.52. The van der Waals surface area contributed by atoms with E-state index in [2.05, 4.69) is 15.0 Å². The van der Waals surface area contributed by atoms with Gasteiger partial charge in [0.15, 0.2) is 0 Å². The van der Waals surface area contributed by atoms with Gasteiger partial charge in [-0.15, -0.1) is 0 Å². The van der Waals surface area contributed by atoms with E-state index in [0.717, 1.165) is 11.3 Å². The number of nitrogens with two attached hydrogens (primary N) is 1. The average Bonchev–Trinajstić information content (AvgIpc) is 2.39. The molecule has 0 amide bonds. The van der Waals surface area contributed by atoms with Crippen LogP contribution in [0.3, 0.4) is 0 Å². The van der Waals surface area contributed by atoms with Crippen molar-refractivity contribution in [2.24, 2.45) is 5.73 Å². The molecule has 0 saturated heterocycles. The van der Waals surface area contributed by atoms with E-state index in [9.17, 15) is 0 Å². The van der Waals surface area contributed by atoms with Crippen LogP contribution >= 0.6 is 0 Å². The normalized spacial score (nSPS) is 12.2. The molecule has 5 nitrogen and oxygen atoms in total. The Labute approximate surface area is 99.7 Å². The number of hydrogen-bond donors (Lipinski definition) is 1.